The lowest BCUT2D eigenvalue weighted by Gasteiger charge is -2.27. The zero-order valence-corrected chi connectivity index (χ0v) is 14.9. The zero-order valence-electron chi connectivity index (χ0n) is 14.9. The van der Waals surface area contributed by atoms with Crippen LogP contribution in [0.15, 0.2) is 59.8 Å². The molecule has 1 aromatic heterocycles. The molecule has 1 aliphatic rings. The Kier molecular flexibility index (Phi) is 3.99. The topological polar surface area (TPSA) is 85.8 Å². The third-order valence-electron chi connectivity index (χ3n) is 4.59. The number of aromatic nitrogens is 3. The summed E-state index contributed by atoms with van der Waals surface area (Å²) in [7, 11) is 0. The summed E-state index contributed by atoms with van der Waals surface area (Å²) < 4.78 is 16.1. The molecule has 7 heteroatoms. The maximum absolute atomic E-state index is 14.6. The number of nitrogens with one attached hydrogen (secondary N) is 1. The summed E-state index contributed by atoms with van der Waals surface area (Å²) in [6.07, 6.45) is 0. The molecule has 3 aromatic rings. The van der Waals surface area contributed by atoms with Crippen molar-refractivity contribution in [2.24, 2.45) is 5.73 Å². The molecule has 136 valence electrons. The minimum Gasteiger partial charge on any atom is -0.366 e. The molecule has 0 saturated carbocycles. The molecule has 6 nitrogen and oxygen atoms in total. The van der Waals surface area contributed by atoms with Gasteiger partial charge in [0.05, 0.1) is 5.57 Å². The Hall–Kier alpha value is -3.48. The van der Waals surface area contributed by atoms with Gasteiger partial charge in [-0.15, -0.1) is 5.10 Å². The predicted octanol–water partition coefficient (Wildman–Crippen LogP) is 3.17. The third kappa shape index (κ3) is 2.87. The minimum atomic E-state index is -0.786. The van der Waals surface area contributed by atoms with Crippen LogP contribution in [-0.4, -0.2) is 20.7 Å². The van der Waals surface area contributed by atoms with Crippen LogP contribution in [0.4, 0.5) is 10.3 Å². The minimum absolute atomic E-state index is 0.258. The van der Waals surface area contributed by atoms with E-state index in [0.29, 0.717) is 23.0 Å². The van der Waals surface area contributed by atoms with E-state index < -0.39 is 17.8 Å². The first-order chi connectivity index (χ1) is 13.0. The van der Waals surface area contributed by atoms with Gasteiger partial charge in [0.15, 0.2) is 5.82 Å². The first-order valence-corrected chi connectivity index (χ1v) is 8.51. The van der Waals surface area contributed by atoms with Crippen molar-refractivity contribution in [2.75, 3.05) is 5.32 Å². The summed E-state index contributed by atoms with van der Waals surface area (Å²) in [5, 5.41) is 7.62. The Morgan fingerprint density at radius 1 is 1.19 bits per heavy atom. The van der Waals surface area contributed by atoms with Crippen molar-refractivity contribution in [3.8, 4) is 11.4 Å². The fourth-order valence-electron chi connectivity index (χ4n) is 3.36. The van der Waals surface area contributed by atoms with Crippen LogP contribution in [0.5, 0.6) is 0 Å². The number of carbonyl (C=O) groups is 1. The lowest BCUT2D eigenvalue weighted by atomic mass is 9.95. The number of aryl methyl sites for hydroxylation is 1. The number of amides is 1. The van der Waals surface area contributed by atoms with Crippen LogP contribution in [0.25, 0.3) is 11.4 Å². The molecule has 0 bridgehead atoms. The number of nitrogens with zero attached hydrogens (tertiary/aromatic N) is 3. The Morgan fingerprint density at radius 3 is 2.67 bits per heavy atom. The molecular weight excluding hydrogens is 345 g/mol. The highest BCUT2D eigenvalue weighted by molar-refractivity contribution is 5.95. The molecule has 0 spiro atoms. The van der Waals surface area contributed by atoms with Gasteiger partial charge in [0.25, 0.3) is 0 Å². The van der Waals surface area contributed by atoms with Gasteiger partial charge in [-0.25, -0.2) is 9.07 Å². The maximum atomic E-state index is 14.6. The second-order valence-corrected chi connectivity index (χ2v) is 6.53. The van der Waals surface area contributed by atoms with E-state index in [0.717, 1.165) is 11.1 Å². The zero-order chi connectivity index (χ0) is 19.1. The van der Waals surface area contributed by atoms with Crippen molar-refractivity contribution < 1.29 is 9.18 Å². The van der Waals surface area contributed by atoms with E-state index in [2.05, 4.69) is 15.4 Å². The molecule has 4 rings (SSSR count). The van der Waals surface area contributed by atoms with Crippen molar-refractivity contribution in [2.45, 2.75) is 19.9 Å². The van der Waals surface area contributed by atoms with Crippen molar-refractivity contribution in [3.05, 3.63) is 76.7 Å². The van der Waals surface area contributed by atoms with Crippen molar-refractivity contribution in [1.82, 2.24) is 14.8 Å². The van der Waals surface area contributed by atoms with E-state index in [-0.39, 0.29) is 5.57 Å². The number of primary amides is 1. The quantitative estimate of drug-likeness (QED) is 0.748. The average molecular weight is 363 g/mol. The van der Waals surface area contributed by atoms with E-state index >= 15 is 0 Å². The Labute approximate surface area is 155 Å². The monoisotopic (exact) mass is 363 g/mol. The number of anilines is 1. The molecule has 2 heterocycles. The molecule has 0 saturated heterocycles. The van der Waals surface area contributed by atoms with Gasteiger partial charge in [0, 0.05) is 16.8 Å². The van der Waals surface area contributed by atoms with Crippen LogP contribution in [0, 0.1) is 12.7 Å². The summed E-state index contributed by atoms with van der Waals surface area (Å²) in [6.45, 7) is 3.70. The standard InChI is InChI=1S/C20H18FN5O/c1-11-6-5-7-13(10-11)19-24-20-23-12(2)16(18(22)27)17(26(20)25-19)14-8-3-4-9-15(14)21/h3-10,17H,1-2H3,(H2,22,27)(H,23,24,25)/t17-/m0/s1. The van der Waals surface area contributed by atoms with Gasteiger partial charge in [0.2, 0.25) is 11.9 Å². The summed E-state index contributed by atoms with van der Waals surface area (Å²) in [5.41, 5.74) is 8.63. The van der Waals surface area contributed by atoms with Crippen LogP contribution >= 0.6 is 0 Å². The van der Waals surface area contributed by atoms with Crippen LogP contribution in [-0.2, 0) is 4.79 Å². The SMILES string of the molecule is CC1=C(C(N)=O)[C@H](c2ccccc2F)n2nc(-c3cccc(C)c3)nc2N1. The number of fused-ring (bicyclic) bond motifs is 1. The maximum Gasteiger partial charge on any atom is 0.248 e. The Bertz CT molecular complexity index is 1090. The van der Waals surface area contributed by atoms with E-state index in [1.54, 1.807) is 25.1 Å². The molecule has 0 fully saturated rings. The summed E-state index contributed by atoms with van der Waals surface area (Å²) >= 11 is 0. The number of hydrogen-bond acceptors (Lipinski definition) is 4. The molecule has 1 amide bonds. The third-order valence-corrected chi connectivity index (χ3v) is 4.59. The van der Waals surface area contributed by atoms with Gasteiger partial charge in [-0.1, -0.05) is 42.0 Å². The lowest BCUT2D eigenvalue weighted by molar-refractivity contribution is -0.115. The van der Waals surface area contributed by atoms with Crippen LogP contribution < -0.4 is 11.1 Å². The molecule has 0 aliphatic carbocycles. The van der Waals surface area contributed by atoms with Gasteiger partial charge >= 0.3 is 0 Å². The number of carbonyl (C=O) groups excluding carboxylic acids is 1. The van der Waals surface area contributed by atoms with E-state index in [9.17, 15) is 9.18 Å². The Morgan fingerprint density at radius 2 is 1.96 bits per heavy atom. The van der Waals surface area contributed by atoms with E-state index in [4.69, 9.17) is 5.73 Å². The lowest BCUT2D eigenvalue weighted by Crippen LogP contribution is -2.32. The van der Waals surface area contributed by atoms with Crippen molar-refractivity contribution in [3.63, 3.8) is 0 Å². The average Bonchev–Trinajstić information content (AvgIpc) is 3.04. The first-order valence-electron chi connectivity index (χ1n) is 8.51. The summed E-state index contributed by atoms with van der Waals surface area (Å²) in [4.78, 5) is 16.7. The first kappa shape index (κ1) is 17.0. The molecule has 1 aliphatic heterocycles. The largest absolute Gasteiger partial charge is 0.366 e. The smallest absolute Gasteiger partial charge is 0.248 e. The van der Waals surface area contributed by atoms with Crippen LogP contribution in [0.3, 0.4) is 0 Å². The van der Waals surface area contributed by atoms with Gasteiger partial charge in [0.1, 0.15) is 11.9 Å². The van der Waals surface area contributed by atoms with Crippen LogP contribution in [0.1, 0.15) is 24.1 Å². The molecule has 2 aromatic carbocycles. The van der Waals surface area contributed by atoms with Gasteiger partial charge in [-0.05, 0) is 26.0 Å². The van der Waals surface area contributed by atoms with Gasteiger partial charge in [-0.2, -0.15) is 4.98 Å². The van der Waals surface area contributed by atoms with Crippen LogP contribution in [0.2, 0.25) is 0 Å². The van der Waals surface area contributed by atoms with E-state index in [1.807, 2.05) is 31.2 Å². The highest BCUT2D eigenvalue weighted by atomic mass is 19.1. The molecule has 0 unspecified atom stereocenters. The van der Waals surface area contributed by atoms with Crippen molar-refractivity contribution >= 4 is 11.9 Å². The fraction of sp³-hybridized carbons (Fsp3) is 0.150. The van der Waals surface area contributed by atoms with Crippen molar-refractivity contribution in [1.29, 1.82) is 0 Å². The molecule has 27 heavy (non-hydrogen) atoms. The molecule has 3 N–H and O–H groups in total. The van der Waals surface area contributed by atoms with E-state index in [1.165, 1.54) is 10.7 Å². The number of allylic oxidation sites excluding steroid dienone is 1. The second kappa shape index (κ2) is 6.35. The second-order valence-electron chi connectivity index (χ2n) is 6.53. The summed E-state index contributed by atoms with van der Waals surface area (Å²) in [6, 6.07) is 13.3. The number of rotatable bonds is 3. The molecule has 0 radical (unpaired) electrons. The highest BCUT2D eigenvalue weighted by Gasteiger charge is 2.34. The predicted molar refractivity (Wildman–Crippen MR) is 100 cm³/mol. The molecule has 1 atom stereocenters. The molecular formula is C20H18FN5O. The van der Waals surface area contributed by atoms with Gasteiger partial charge in [-0.3, -0.25) is 4.79 Å². The summed E-state index contributed by atoms with van der Waals surface area (Å²) in [5.74, 6) is -0.149. The fourth-order valence-corrected chi connectivity index (χ4v) is 3.36. The number of benzene rings is 2. The number of halogens is 1. The number of hydrogen-bond donors (Lipinski definition) is 2. The Balaban J connectivity index is 1.92. The highest BCUT2D eigenvalue weighted by Crippen LogP contribution is 2.36. The number of nitrogens with two attached hydrogens (primary N) is 1. The van der Waals surface area contributed by atoms with Gasteiger partial charge < -0.3 is 11.1 Å². The normalized spacial score (nSPS) is 16.0.